The number of carbonyl (C=O) groups is 1. The van der Waals surface area contributed by atoms with Crippen molar-refractivity contribution < 1.29 is 17.6 Å². The number of benzene rings is 1. The van der Waals surface area contributed by atoms with E-state index in [-0.39, 0.29) is 29.8 Å². The Morgan fingerprint density at radius 1 is 1.25 bits per heavy atom. The largest absolute Gasteiger partial charge is 0.342 e. The minimum Gasteiger partial charge on any atom is -0.342 e. The molecular weight excluding hydrogens is 329 g/mol. The van der Waals surface area contributed by atoms with Gasteiger partial charge in [-0.15, -0.1) is 0 Å². The number of carbonyl (C=O) groups excluding carboxylic acids is 1. The fraction of sp³-hybridized carbons (Fsp3) is 0.611. The van der Waals surface area contributed by atoms with Crippen molar-refractivity contribution in [3.05, 3.63) is 35.6 Å². The van der Waals surface area contributed by atoms with Gasteiger partial charge in [-0.05, 0) is 57.2 Å². The van der Waals surface area contributed by atoms with Crippen molar-refractivity contribution in [2.24, 2.45) is 5.92 Å². The standard InChI is InChI=1S/C18H26FNO3S/c1-18(2,3)24(22,23)13-14-7-9-20(10-8-14)17(21)12-15-5-4-6-16(19)11-15/h4-6,11,14H,7-10,12-13H2,1-3H3. The van der Waals surface area contributed by atoms with E-state index in [0.717, 1.165) is 0 Å². The van der Waals surface area contributed by atoms with Gasteiger partial charge in [-0.25, -0.2) is 12.8 Å². The van der Waals surface area contributed by atoms with E-state index in [0.29, 0.717) is 31.5 Å². The molecule has 134 valence electrons. The second-order valence-electron chi connectivity index (χ2n) is 7.52. The van der Waals surface area contributed by atoms with Gasteiger partial charge >= 0.3 is 0 Å². The molecule has 1 amide bonds. The third-order valence-electron chi connectivity index (χ3n) is 4.60. The number of hydrogen-bond donors (Lipinski definition) is 0. The average Bonchev–Trinajstić information content (AvgIpc) is 2.46. The van der Waals surface area contributed by atoms with Crippen molar-refractivity contribution in [1.29, 1.82) is 0 Å². The average molecular weight is 355 g/mol. The normalized spacial score (nSPS) is 17.1. The van der Waals surface area contributed by atoms with Crippen LogP contribution in [0.5, 0.6) is 0 Å². The number of amides is 1. The molecule has 0 bridgehead atoms. The molecule has 0 spiro atoms. The fourth-order valence-electron chi connectivity index (χ4n) is 2.84. The van der Waals surface area contributed by atoms with E-state index in [4.69, 9.17) is 0 Å². The number of nitrogens with zero attached hydrogens (tertiary/aromatic N) is 1. The Morgan fingerprint density at radius 2 is 1.88 bits per heavy atom. The highest BCUT2D eigenvalue weighted by atomic mass is 32.2. The summed E-state index contributed by atoms with van der Waals surface area (Å²) in [7, 11) is -3.13. The summed E-state index contributed by atoms with van der Waals surface area (Å²) < 4.78 is 37.0. The second kappa shape index (κ2) is 7.21. The smallest absolute Gasteiger partial charge is 0.226 e. The molecule has 0 aliphatic carbocycles. The maximum atomic E-state index is 13.2. The maximum Gasteiger partial charge on any atom is 0.226 e. The second-order valence-corrected chi connectivity index (χ2v) is 10.3. The summed E-state index contributed by atoms with van der Waals surface area (Å²) in [4.78, 5) is 14.1. The van der Waals surface area contributed by atoms with E-state index in [1.54, 1.807) is 37.8 Å². The molecule has 0 radical (unpaired) electrons. The van der Waals surface area contributed by atoms with Gasteiger partial charge in [0.15, 0.2) is 9.84 Å². The summed E-state index contributed by atoms with van der Waals surface area (Å²) in [5.74, 6) is -0.0841. The first-order valence-corrected chi connectivity index (χ1v) is 9.98. The number of rotatable bonds is 4. The predicted molar refractivity (Wildman–Crippen MR) is 92.9 cm³/mol. The quantitative estimate of drug-likeness (QED) is 0.834. The number of sulfone groups is 1. The molecule has 1 heterocycles. The zero-order chi connectivity index (χ0) is 18.0. The third-order valence-corrected chi connectivity index (χ3v) is 7.38. The summed E-state index contributed by atoms with van der Waals surface area (Å²) in [6, 6.07) is 6.07. The van der Waals surface area contributed by atoms with E-state index in [1.807, 2.05) is 0 Å². The maximum absolute atomic E-state index is 13.2. The highest BCUT2D eigenvalue weighted by Gasteiger charge is 2.33. The molecule has 1 aromatic carbocycles. The topological polar surface area (TPSA) is 54.5 Å². The van der Waals surface area contributed by atoms with Gasteiger partial charge < -0.3 is 4.90 Å². The van der Waals surface area contributed by atoms with Crippen LogP contribution >= 0.6 is 0 Å². The van der Waals surface area contributed by atoms with Crippen LogP contribution in [0.15, 0.2) is 24.3 Å². The molecule has 2 rings (SSSR count). The van der Waals surface area contributed by atoms with E-state index in [1.165, 1.54) is 12.1 Å². The third kappa shape index (κ3) is 4.79. The van der Waals surface area contributed by atoms with Crippen LogP contribution in [-0.2, 0) is 21.1 Å². The first kappa shape index (κ1) is 18.9. The summed E-state index contributed by atoms with van der Waals surface area (Å²) in [6.07, 6.45) is 1.58. The summed E-state index contributed by atoms with van der Waals surface area (Å²) >= 11 is 0. The number of hydrogen-bond acceptors (Lipinski definition) is 3. The lowest BCUT2D eigenvalue weighted by Gasteiger charge is -2.33. The number of piperidine rings is 1. The van der Waals surface area contributed by atoms with E-state index < -0.39 is 14.6 Å². The minimum absolute atomic E-state index is 0.0299. The van der Waals surface area contributed by atoms with Gasteiger partial charge in [-0.3, -0.25) is 4.79 Å². The molecule has 0 N–H and O–H groups in total. The van der Waals surface area contributed by atoms with Gasteiger partial charge in [-0.2, -0.15) is 0 Å². The molecule has 1 saturated heterocycles. The lowest BCUT2D eigenvalue weighted by molar-refractivity contribution is -0.131. The van der Waals surface area contributed by atoms with Crippen LogP contribution in [0.4, 0.5) is 4.39 Å². The Morgan fingerprint density at radius 3 is 2.42 bits per heavy atom. The Balaban J connectivity index is 1.87. The number of likely N-dealkylation sites (tertiary alicyclic amines) is 1. The van der Waals surface area contributed by atoms with Gasteiger partial charge in [0, 0.05) is 13.1 Å². The van der Waals surface area contributed by atoms with E-state index in [9.17, 15) is 17.6 Å². The van der Waals surface area contributed by atoms with Crippen LogP contribution in [0.3, 0.4) is 0 Å². The van der Waals surface area contributed by atoms with Crippen LogP contribution < -0.4 is 0 Å². The van der Waals surface area contributed by atoms with Gasteiger partial charge in [-0.1, -0.05) is 12.1 Å². The Labute approximate surface area is 144 Å². The summed E-state index contributed by atoms with van der Waals surface area (Å²) in [6.45, 7) is 6.30. The number of halogens is 1. The van der Waals surface area contributed by atoms with Crippen molar-refractivity contribution in [3.8, 4) is 0 Å². The lowest BCUT2D eigenvalue weighted by Crippen LogP contribution is -2.42. The van der Waals surface area contributed by atoms with Crippen molar-refractivity contribution in [3.63, 3.8) is 0 Å². The Bertz CT molecular complexity index is 686. The van der Waals surface area contributed by atoms with E-state index >= 15 is 0 Å². The van der Waals surface area contributed by atoms with Crippen LogP contribution in [0.1, 0.15) is 39.2 Å². The molecule has 1 aromatic rings. The lowest BCUT2D eigenvalue weighted by atomic mass is 9.98. The summed E-state index contributed by atoms with van der Waals surface area (Å²) in [5.41, 5.74) is 0.664. The molecule has 24 heavy (non-hydrogen) atoms. The van der Waals surface area contributed by atoms with Gasteiger partial charge in [0.05, 0.1) is 16.9 Å². The highest BCUT2D eigenvalue weighted by Crippen LogP contribution is 2.25. The van der Waals surface area contributed by atoms with Crippen LogP contribution in [0.2, 0.25) is 0 Å². The molecule has 0 saturated carbocycles. The first-order valence-electron chi connectivity index (χ1n) is 8.33. The van der Waals surface area contributed by atoms with Gasteiger partial charge in [0.1, 0.15) is 5.82 Å². The first-order chi connectivity index (χ1) is 11.1. The van der Waals surface area contributed by atoms with Crippen molar-refractivity contribution in [1.82, 2.24) is 4.90 Å². The molecule has 0 atom stereocenters. The molecule has 0 unspecified atom stereocenters. The predicted octanol–water partition coefficient (Wildman–Crippen LogP) is 2.82. The zero-order valence-corrected chi connectivity index (χ0v) is 15.4. The van der Waals surface area contributed by atoms with Crippen LogP contribution in [0.25, 0.3) is 0 Å². The monoisotopic (exact) mass is 355 g/mol. The Hall–Kier alpha value is -1.43. The molecule has 6 heteroatoms. The molecule has 1 aliphatic rings. The molecule has 1 aliphatic heterocycles. The van der Waals surface area contributed by atoms with Crippen molar-refractivity contribution in [2.45, 2.75) is 44.8 Å². The molecule has 1 fully saturated rings. The van der Waals surface area contributed by atoms with Gasteiger partial charge in [0.2, 0.25) is 5.91 Å². The Kier molecular flexibility index (Phi) is 5.68. The van der Waals surface area contributed by atoms with Crippen molar-refractivity contribution in [2.75, 3.05) is 18.8 Å². The molecule has 0 aromatic heterocycles. The van der Waals surface area contributed by atoms with Crippen LogP contribution in [-0.4, -0.2) is 42.8 Å². The zero-order valence-electron chi connectivity index (χ0n) is 14.6. The van der Waals surface area contributed by atoms with Gasteiger partial charge in [0.25, 0.3) is 0 Å². The minimum atomic E-state index is -3.13. The molecule has 4 nitrogen and oxygen atoms in total. The van der Waals surface area contributed by atoms with Crippen LogP contribution in [0, 0.1) is 11.7 Å². The van der Waals surface area contributed by atoms with E-state index in [2.05, 4.69) is 0 Å². The summed E-state index contributed by atoms with van der Waals surface area (Å²) in [5, 5.41) is 0. The SMILES string of the molecule is CC(C)(C)S(=O)(=O)CC1CCN(C(=O)Cc2cccc(F)c2)CC1. The highest BCUT2D eigenvalue weighted by molar-refractivity contribution is 7.92. The molecular formula is C18H26FNO3S. The van der Waals surface area contributed by atoms with Crippen molar-refractivity contribution >= 4 is 15.7 Å². The fourth-order valence-corrected chi connectivity index (χ4v) is 4.30.